The van der Waals surface area contributed by atoms with Crippen LogP contribution < -0.4 is 29.6 Å². The van der Waals surface area contributed by atoms with Crippen LogP contribution in [0.25, 0.3) is 0 Å². The first-order valence-corrected chi connectivity index (χ1v) is 3.47. The van der Waals surface area contributed by atoms with Gasteiger partial charge in [-0.05, 0) is 12.8 Å². The molecule has 1 saturated heterocycles. The minimum absolute atomic E-state index is 0. The van der Waals surface area contributed by atoms with Gasteiger partial charge >= 0.3 is 29.6 Å². The van der Waals surface area contributed by atoms with Crippen LogP contribution in [0.15, 0.2) is 5.29 Å². The first kappa shape index (κ1) is 12.3. The van der Waals surface area contributed by atoms with E-state index in [4.69, 9.17) is 5.11 Å². The minimum atomic E-state index is -0.231. The Morgan fingerprint density at radius 1 is 1.75 bits per heavy atom. The Kier molecular flexibility index (Phi) is 5.98. The molecule has 1 N–H and O–H groups in total. The average molecular weight is 183 g/mol. The molecule has 0 bridgehead atoms. The van der Waals surface area contributed by atoms with E-state index >= 15 is 0 Å². The molecule has 0 aliphatic carbocycles. The molecule has 1 heterocycles. The number of hydrogen-bond donors (Lipinski definition) is 1. The predicted molar refractivity (Wildman–Crippen MR) is 37.8 cm³/mol. The molecule has 0 spiro atoms. The van der Waals surface area contributed by atoms with Crippen molar-refractivity contribution >= 4 is 0 Å². The summed E-state index contributed by atoms with van der Waals surface area (Å²) >= 11 is 0. The molecule has 1 aliphatic rings. The Morgan fingerprint density at radius 2 is 2.42 bits per heavy atom. The summed E-state index contributed by atoms with van der Waals surface area (Å²) in [5, 5.41) is 22.8. The summed E-state index contributed by atoms with van der Waals surface area (Å²) in [6, 6.07) is -0.231. The molecule has 12 heavy (non-hydrogen) atoms. The van der Waals surface area contributed by atoms with Gasteiger partial charge in [-0.2, -0.15) is 0 Å². The van der Waals surface area contributed by atoms with E-state index in [2.05, 4.69) is 5.29 Å². The molecule has 1 aliphatic heterocycles. The monoisotopic (exact) mass is 183 g/mol. The van der Waals surface area contributed by atoms with Crippen molar-refractivity contribution < 1.29 is 34.7 Å². The van der Waals surface area contributed by atoms with Crippen LogP contribution in [-0.4, -0.2) is 34.6 Å². The van der Waals surface area contributed by atoms with E-state index in [-0.39, 0.29) is 47.5 Å². The second-order valence-corrected chi connectivity index (χ2v) is 2.48. The van der Waals surface area contributed by atoms with Crippen molar-refractivity contribution in [2.45, 2.75) is 18.9 Å². The Labute approximate surface area is 92.3 Å². The molecular weight excluding hydrogens is 173 g/mol. The molecule has 64 valence electrons. The number of aliphatic hydroxyl groups excluding tert-OH is 1. The van der Waals surface area contributed by atoms with Gasteiger partial charge in [-0.3, -0.25) is 5.28 Å². The van der Waals surface area contributed by atoms with E-state index in [1.807, 2.05) is 0 Å². The first-order valence-electron chi connectivity index (χ1n) is 3.47. The number of nitrogens with zero attached hydrogens (tertiary/aromatic N) is 3. The maximum Gasteiger partial charge on any atom is 1.00 e. The smallest absolute Gasteiger partial charge is 0.724 e. The third kappa shape index (κ3) is 2.65. The summed E-state index contributed by atoms with van der Waals surface area (Å²) in [5.41, 5.74) is 0. The molecule has 1 atom stereocenters. The fourth-order valence-electron chi connectivity index (χ4n) is 1.28. The summed E-state index contributed by atoms with van der Waals surface area (Å²) in [6.07, 6.45) is 1.56. The minimum Gasteiger partial charge on any atom is -0.724 e. The third-order valence-electron chi connectivity index (χ3n) is 1.85. The van der Waals surface area contributed by atoms with Crippen LogP contribution in [0.2, 0.25) is 0 Å². The zero-order valence-corrected chi connectivity index (χ0v) is 9.01. The van der Waals surface area contributed by atoms with Crippen molar-refractivity contribution in [3.8, 4) is 0 Å². The number of nitroso groups, excluding NO2 is 1. The summed E-state index contributed by atoms with van der Waals surface area (Å²) in [4.78, 5) is 9.79. The molecule has 0 aromatic heterocycles. The van der Waals surface area contributed by atoms with Gasteiger partial charge in [0, 0.05) is 6.54 Å². The zero-order chi connectivity index (χ0) is 8.27. The molecule has 1 rings (SSSR count). The largest absolute Gasteiger partial charge is 1.00 e. The Morgan fingerprint density at radius 3 is 2.92 bits per heavy atom. The molecule has 7 heteroatoms. The van der Waals surface area contributed by atoms with Crippen LogP contribution in [0, 0.1) is 10.1 Å². The molecule has 1 unspecified atom stereocenters. The van der Waals surface area contributed by atoms with Crippen molar-refractivity contribution in [3.63, 3.8) is 0 Å². The molecular formula is C5H10N3NaO3. The second kappa shape index (κ2) is 5.85. The summed E-state index contributed by atoms with van der Waals surface area (Å²) < 4.78 is 0. The van der Waals surface area contributed by atoms with Crippen LogP contribution in [0.1, 0.15) is 12.8 Å². The van der Waals surface area contributed by atoms with Gasteiger partial charge in [0.25, 0.3) is 0 Å². The van der Waals surface area contributed by atoms with Gasteiger partial charge in [-0.25, -0.2) is 5.01 Å². The predicted octanol–water partition coefficient (Wildman–Crippen LogP) is -3.16. The number of hydrogen-bond acceptors (Lipinski definition) is 5. The van der Waals surface area contributed by atoms with Crippen molar-refractivity contribution in [2.24, 2.45) is 5.29 Å². The maximum atomic E-state index is 10.6. The van der Waals surface area contributed by atoms with E-state index in [0.717, 1.165) is 12.8 Å². The second-order valence-electron chi connectivity index (χ2n) is 2.48. The molecule has 0 amide bonds. The summed E-state index contributed by atoms with van der Waals surface area (Å²) in [7, 11) is 0. The normalized spacial score (nSPS) is 23.3. The van der Waals surface area contributed by atoms with E-state index in [1.165, 1.54) is 5.01 Å². The van der Waals surface area contributed by atoms with Gasteiger partial charge in [0.1, 0.15) is 0 Å². The van der Waals surface area contributed by atoms with E-state index in [9.17, 15) is 10.1 Å². The SMILES string of the molecule is O=NN([O-])N1CCCC1CO.[Na+]. The van der Waals surface area contributed by atoms with Crippen LogP contribution in [0.5, 0.6) is 0 Å². The van der Waals surface area contributed by atoms with Crippen molar-refractivity contribution in [1.82, 2.24) is 10.3 Å². The maximum absolute atomic E-state index is 10.6. The van der Waals surface area contributed by atoms with Crippen molar-refractivity contribution in [2.75, 3.05) is 13.2 Å². The summed E-state index contributed by atoms with van der Waals surface area (Å²) in [6.45, 7) is 0.398. The van der Waals surface area contributed by atoms with Gasteiger partial charge in [-0.1, -0.05) is 0 Å². The molecule has 0 aromatic carbocycles. The van der Waals surface area contributed by atoms with Gasteiger partial charge in [0.05, 0.1) is 17.9 Å². The molecule has 6 nitrogen and oxygen atoms in total. The van der Waals surface area contributed by atoms with Crippen LogP contribution >= 0.6 is 0 Å². The summed E-state index contributed by atoms with van der Waals surface area (Å²) in [5.74, 6) is 0. The Balaban J connectivity index is 0.00000121. The van der Waals surface area contributed by atoms with E-state index < -0.39 is 0 Å². The zero-order valence-electron chi connectivity index (χ0n) is 7.01. The van der Waals surface area contributed by atoms with Gasteiger partial charge in [-0.15, -0.1) is 4.91 Å². The molecule has 0 aromatic rings. The van der Waals surface area contributed by atoms with Crippen molar-refractivity contribution in [3.05, 3.63) is 10.1 Å². The molecule has 1 fully saturated rings. The average Bonchev–Trinajstić information content (AvgIpc) is 2.50. The first-order chi connectivity index (χ1) is 5.29. The van der Waals surface area contributed by atoms with Crippen LogP contribution in [-0.2, 0) is 0 Å². The van der Waals surface area contributed by atoms with Crippen LogP contribution in [0.3, 0.4) is 0 Å². The van der Waals surface area contributed by atoms with E-state index in [1.54, 1.807) is 0 Å². The molecule has 0 saturated carbocycles. The van der Waals surface area contributed by atoms with Crippen molar-refractivity contribution in [1.29, 1.82) is 0 Å². The Bertz CT molecular complexity index is 148. The van der Waals surface area contributed by atoms with Gasteiger partial charge < -0.3 is 10.3 Å². The van der Waals surface area contributed by atoms with Gasteiger partial charge in [0.2, 0.25) is 0 Å². The fourth-order valence-corrected chi connectivity index (χ4v) is 1.28. The molecule has 0 radical (unpaired) electrons. The number of rotatable bonds is 3. The third-order valence-corrected chi connectivity index (χ3v) is 1.85. The van der Waals surface area contributed by atoms with Crippen LogP contribution in [0.4, 0.5) is 0 Å². The number of hydrazine groups is 1. The standard InChI is InChI=1S/C5H10N3O3.Na/c9-4-5-2-1-3-7(5)8(11)6-10;/h5,9H,1-4H2;/q-1;+1. The topological polar surface area (TPSA) is 79.2 Å². The Hall–Kier alpha value is 0.280. The van der Waals surface area contributed by atoms with E-state index in [0.29, 0.717) is 6.54 Å². The van der Waals surface area contributed by atoms with Gasteiger partial charge in [0.15, 0.2) is 0 Å². The quantitative estimate of drug-likeness (QED) is 0.284. The number of aliphatic hydroxyl groups is 1. The fraction of sp³-hybridized carbons (Fsp3) is 1.00.